The molecule has 0 atom stereocenters. The van der Waals surface area contributed by atoms with Crippen LogP contribution < -0.4 is 22.1 Å². The van der Waals surface area contributed by atoms with E-state index in [2.05, 4.69) is 0 Å². The summed E-state index contributed by atoms with van der Waals surface area (Å²) in [6.07, 6.45) is 6.69. The fourth-order valence-electron chi connectivity index (χ4n) is 3.08. The molecule has 0 unspecified atom stereocenters. The maximum Gasteiger partial charge on any atom is 0.231 e. The largest absolute Gasteiger partial charge is 0.399 e. The molecular formula is C22H30N4O2. The molecule has 6 heteroatoms. The number of anilines is 4. The van der Waals surface area contributed by atoms with Gasteiger partial charge in [0.25, 0.3) is 0 Å². The van der Waals surface area contributed by atoms with E-state index in [0.29, 0.717) is 24.2 Å². The van der Waals surface area contributed by atoms with E-state index in [4.69, 9.17) is 17.2 Å². The van der Waals surface area contributed by atoms with E-state index < -0.39 is 0 Å². The Morgan fingerprint density at radius 2 is 1.04 bits per heavy atom. The summed E-state index contributed by atoms with van der Waals surface area (Å²) in [6, 6.07) is 14.6. The number of amides is 2. The summed E-state index contributed by atoms with van der Waals surface area (Å²) in [4.78, 5) is 25.4. The second kappa shape index (κ2) is 11.0. The molecule has 2 rings (SSSR count). The van der Waals surface area contributed by atoms with Crippen LogP contribution in [0.3, 0.4) is 0 Å². The van der Waals surface area contributed by atoms with Crippen molar-refractivity contribution in [1.82, 2.24) is 0 Å². The summed E-state index contributed by atoms with van der Waals surface area (Å²) < 4.78 is 0. The van der Waals surface area contributed by atoms with Crippen molar-refractivity contribution in [1.29, 1.82) is 0 Å². The van der Waals surface area contributed by atoms with Crippen LogP contribution in [0.5, 0.6) is 0 Å². The third-order valence-electron chi connectivity index (χ3n) is 4.62. The van der Waals surface area contributed by atoms with E-state index in [1.54, 1.807) is 29.2 Å². The van der Waals surface area contributed by atoms with Gasteiger partial charge >= 0.3 is 0 Å². The Labute approximate surface area is 166 Å². The molecule has 0 aliphatic rings. The molecule has 0 aromatic heterocycles. The lowest BCUT2D eigenvalue weighted by Gasteiger charge is -2.23. The van der Waals surface area contributed by atoms with Gasteiger partial charge in [0.05, 0.1) is 0 Å². The average molecular weight is 383 g/mol. The molecule has 0 aliphatic carbocycles. The number of carbonyl (C=O) groups is 2. The number of rotatable bonds is 11. The van der Waals surface area contributed by atoms with Gasteiger partial charge in [0.2, 0.25) is 11.8 Å². The Hall–Kier alpha value is -3.02. The minimum absolute atomic E-state index is 0.0447. The van der Waals surface area contributed by atoms with E-state index in [1.807, 2.05) is 24.3 Å². The lowest BCUT2D eigenvalue weighted by atomic mass is 10.1. The SMILES string of the molecule is NC(=O)CCCCCCCCC(=O)N(c1ccc(N)cc1)c1ccc(N)cc1. The Bertz CT molecular complexity index is 712. The van der Waals surface area contributed by atoms with Crippen molar-refractivity contribution in [3.8, 4) is 0 Å². The molecule has 6 nitrogen and oxygen atoms in total. The first-order chi connectivity index (χ1) is 13.5. The van der Waals surface area contributed by atoms with Crippen LogP contribution in [-0.2, 0) is 9.59 Å². The number of nitrogens with zero attached hydrogens (tertiary/aromatic N) is 1. The normalized spacial score (nSPS) is 10.6. The quantitative estimate of drug-likeness (QED) is 0.400. The van der Waals surface area contributed by atoms with Gasteiger partial charge < -0.3 is 17.2 Å². The lowest BCUT2D eigenvalue weighted by Crippen LogP contribution is -2.25. The minimum atomic E-state index is -0.240. The van der Waals surface area contributed by atoms with E-state index in [-0.39, 0.29) is 11.8 Å². The highest BCUT2D eigenvalue weighted by molar-refractivity contribution is 6.00. The summed E-state index contributed by atoms with van der Waals surface area (Å²) in [6.45, 7) is 0. The molecule has 6 N–H and O–H groups in total. The highest BCUT2D eigenvalue weighted by atomic mass is 16.2. The Kier molecular flexibility index (Phi) is 8.34. The maximum atomic E-state index is 12.9. The fraction of sp³-hybridized carbons (Fsp3) is 0.364. The standard InChI is InChI=1S/C22H30N4O2/c23-17-9-13-19(14-10-17)26(20-15-11-18(24)12-16-20)22(28)8-6-4-2-1-3-5-7-21(25)27/h9-16H,1-8,23-24H2,(H2,25,27). The zero-order valence-electron chi connectivity index (χ0n) is 16.3. The summed E-state index contributed by atoms with van der Waals surface area (Å²) in [7, 11) is 0. The van der Waals surface area contributed by atoms with Crippen LogP contribution in [-0.4, -0.2) is 11.8 Å². The van der Waals surface area contributed by atoms with Crippen molar-refractivity contribution in [3.05, 3.63) is 48.5 Å². The first-order valence-corrected chi connectivity index (χ1v) is 9.79. The Morgan fingerprint density at radius 1 is 0.643 bits per heavy atom. The maximum absolute atomic E-state index is 12.9. The molecule has 2 aromatic rings. The van der Waals surface area contributed by atoms with E-state index in [0.717, 1.165) is 49.9 Å². The molecule has 0 saturated heterocycles. The molecule has 0 aliphatic heterocycles. The van der Waals surface area contributed by atoms with Crippen LogP contribution in [0, 0.1) is 0 Å². The predicted octanol–water partition coefficient (Wildman–Crippen LogP) is 4.12. The molecule has 0 fully saturated rings. The van der Waals surface area contributed by atoms with Gasteiger partial charge in [0, 0.05) is 35.6 Å². The number of nitrogens with two attached hydrogens (primary N) is 3. The van der Waals surface area contributed by atoms with Crippen molar-refractivity contribution >= 4 is 34.6 Å². The summed E-state index contributed by atoms with van der Waals surface area (Å²) in [5, 5.41) is 0. The molecule has 2 amide bonds. The van der Waals surface area contributed by atoms with Crippen LogP contribution in [0.1, 0.15) is 51.4 Å². The second-order valence-electron chi connectivity index (χ2n) is 7.00. The van der Waals surface area contributed by atoms with Crippen molar-refractivity contribution in [2.75, 3.05) is 16.4 Å². The van der Waals surface area contributed by atoms with Crippen molar-refractivity contribution in [2.24, 2.45) is 5.73 Å². The van der Waals surface area contributed by atoms with E-state index >= 15 is 0 Å². The summed E-state index contributed by atoms with van der Waals surface area (Å²) >= 11 is 0. The first-order valence-electron chi connectivity index (χ1n) is 9.79. The molecule has 0 radical (unpaired) electrons. The van der Waals surface area contributed by atoms with Crippen LogP contribution in [0.4, 0.5) is 22.7 Å². The van der Waals surface area contributed by atoms with Crippen LogP contribution in [0.2, 0.25) is 0 Å². The zero-order valence-corrected chi connectivity index (χ0v) is 16.3. The predicted molar refractivity (Wildman–Crippen MR) is 115 cm³/mol. The second-order valence-corrected chi connectivity index (χ2v) is 7.00. The number of benzene rings is 2. The summed E-state index contributed by atoms with van der Waals surface area (Å²) in [5.41, 5.74) is 19.6. The number of hydrogen-bond acceptors (Lipinski definition) is 4. The number of nitrogen functional groups attached to an aromatic ring is 2. The highest BCUT2D eigenvalue weighted by Gasteiger charge is 2.17. The van der Waals surface area contributed by atoms with Gasteiger partial charge in [-0.15, -0.1) is 0 Å². The van der Waals surface area contributed by atoms with Gasteiger partial charge in [0.1, 0.15) is 0 Å². The molecule has 28 heavy (non-hydrogen) atoms. The average Bonchev–Trinajstić information content (AvgIpc) is 2.67. The Morgan fingerprint density at radius 3 is 1.46 bits per heavy atom. The van der Waals surface area contributed by atoms with Gasteiger partial charge in [0.15, 0.2) is 0 Å². The fourth-order valence-corrected chi connectivity index (χ4v) is 3.08. The smallest absolute Gasteiger partial charge is 0.231 e. The third kappa shape index (κ3) is 6.95. The number of hydrogen-bond donors (Lipinski definition) is 3. The molecule has 0 saturated carbocycles. The molecule has 0 bridgehead atoms. The Balaban J connectivity index is 1.90. The van der Waals surface area contributed by atoms with Gasteiger partial charge in [-0.25, -0.2) is 0 Å². The first kappa shape index (κ1) is 21.3. The molecule has 2 aromatic carbocycles. The number of carbonyl (C=O) groups excluding carboxylic acids is 2. The molecule has 0 heterocycles. The van der Waals surface area contributed by atoms with Gasteiger partial charge in [-0.05, 0) is 61.4 Å². The monoisotopic (exact) mass is 382 g/mol. The molecule has 150 valence electrons. The zero-order chi connectivity index (χ0) is 20.4. The van der Waals surface area contributed by atoms with Gasteiger partial charge in [-0.1, -0.05) is 25.7 Å². The minimum Gasteiger partial charge on any atom is -0.399 e. The van der Waals surface area contributed by atoms with Crippen LogP contribution >= 0.6 is 0 Å². The molecular weight excluding hydrogens is 352 g/mol. The number of unbranched alkanes of at least 4 members (excludes halogenated alkanes) is 5. The van der Waals surface area contributed by atoms with E-state index in [1.165, 1.54) is 0 Å². The van der Waals surface area contributed by atoms with Crippen LogP contribution in [0.15, 0.2) is 48.5 Å². The van der Waals surface area contributed by atoms with Crippen LogP contribution in [0.25, 0.3) is 0 Å². The van der Waals surface area contributed by atoms with Crippen molar-refractivity contribution in [2.45, 2.75) is 51.4 Å². The third-order valence-corrected chi connectivity index (χ3v) is 4.62. The topological polar surface area (TPSA) is 115 Å². The molecule has 0 spiro atoms. The lowest BCUT2D eigenvalue weighted by molar-refractivity contribution is -0.118. The van der Waals surface area contributed by atoms with Crippen molar-refractivity contribution in [3.63, 3.8) is 0 Å². The number of primary amides is 1. The van der Waals surface area contributed by atoms with Gasteiger partial charge in [-0.2, -0.15) is 0 Å². The van der Waals surface area contributed by atoms with E-state index in [9.17, 15) is 9.59 Å². The highest BCUT2D eigenvalue weighted by Crippen LogP contribution is 2.28. The summed E-state index contributed by atoms with van der Waals surface area (Å²) in [5.74, 6) is -0.195. The van der Waals surface area contributed by atoms with Gasteiger partial charge in [-0.3, -0.25) is 14.5 Å². The van der Waals surface area contributed by atoms with Crippen molar-refractivity contribution < 1.29 is 9.59 Å².